The number of aromatic nitrogens is 1. The lowest BCUT2D eigenvalue weighted by atomic mass is 10.2. The molecule has 1 aromatic rings. The van der Waals surface area contributed by atoms with Gasteiger partial charge in [-0.05, 0) is 26.5 Å². The lowest BCUT2D eigenvalue weighted by molar-refractivity contribution is 0.403. The van der Waals surface area contributed by atoms with Gasteiger partial charge in [-0.25, -0.2) is 0 Å². The molecule has 2 N–H and O–H groups in total. The van der Waals surface area contributed by atoms with Gasteiger partial charge in [0.1, 0.15) is 0 Å². The van der Waals surface area contributed by atoms with Crippen molar-refractivity contribution < 1.29 is 5.11 Å². The van der Waals surface area contributed by atoms with Gasteiger partial charge < -0.3 is 10.4 Å². The third-order valence-corrected chi connectivity index (χ3v) is 2.37. The van der Waals surface area contributed by atoms with Crippen LogP contribution in [0.25, 0.3) is 0 Å². The average Bonchev–Trinajstić information content (AvgIpc) is 2.14. The van der Waals surface area contributed by atoms with Crippen LogP contribution >= 0.6 is 0 Å². The Kier molecular flexibility index (Phi) is 3.30. The number of hydrogen-bond acceptors (Lipinski definition) is 3. The van der Waals surface area contributed by atoms with Gasteiger partial charge in [-0.1, -0.05) is 0 Å². The number of nitrogens with zero attached hydrogens (tertiary/aromatic N) is 1. The predicted octanol–water partition coefficient (Wildman–Crippen LogP) is 0.390. The highest BCUT2D eigenvalue weighted by atomic mass is 16.3. The van der Waals surface area contributed by atoms with Crippen LogP contribution in [-0.4, -0.2) is 23.3 Å². The average molecular weight is 196 g/mol. The Labute approximate surface area is 83.2 Å². The van der Waals surface area contributed by atoms with Crippen LogP contribution in [0.3, 0.4) is 0 Å². The highest BCUT2D eigenvalue weighted by Crippen LogP contribution is 2.10. The van der Waals surface area contributed by atoms with Gasteiger partial charge in [0, 0.05) is 24.7 Å². The van der Waals surface area contributed by atoms with Crippen LogP contribution in [0.15, 0.2) is 10.9 Å². The molecule has 0 aliphatic carbocycles. The van der Waals surface area contributed by atoms with Crippen molar-refractivity contribution in [1.82, 2.24) is 9.88 Å². The second-order valence-corrected chi connectivity index (χ2v) is 3.37. The number of aryl methyl sites for hydroxylation is 1. The molecule has 0 fully saturated rings. The molecule has 0 aliphatic heterocycles. The number of pyridine rings is 1. The fourth-order valence-corrected chi connectivity index (χ4v) is 1.29. The molecule has 0 bridgehead atoms. The van der Waals surface area contributed by atoms with E-state index in [1.54, 1.807) is 13.0 Å². The molecule has 0 radical (unpaired) electrons. The number of likely N-dealkylation sites (N-methyl/N-ethyl adjacent to an activating group) is 1. The van der Waals surface area contributed by atoms with Crippen LogP contribution < -0.4 is 10.9 Å². The van der Waals surface area contributed by atoms with Crippen molar-refractivity contribution in [3.05, 3.63) is 27.5 Å². The Balaban J connectivity index is 3.16. The van der Waals surface area contributed by atoms with E-state index in [2.05, 4.69) is 5.32 Å². The van der Waals surface area contributed by atoms with Crippen LogP contribution in [0.2, 0.25) is 0 Å². The Morgan fingerprint density at radius 2 is 2.14 bits per heavy atom. The van der Waals surface area contributed by atoms with E-state index in [1.807, 2.05) is 14.0 Å². The van der Waals surface area contributed by atoms with Crippen molar-refractivity contribution in [2.24, 2.45) is 0 Å². The second kappa shape index (κ2) is 4.28. The van der Waals surface area contributed by atoms with Gasteiger partial charge in [-0.2, -0.15) is 0 Å². The van der Waals surface area contributed by atoms with E-state index in [0.717, 1.165) is 5.56 Å². The summed E-state index contributed by atoms with van der Waals surface area (Å²) < 4.78 is 1.37. The minimum Gasteiger partial charge on any atom is -0.494 e. The van der Waals surface area contributed by atoms with Gasteiger partial charge in [-0.3, -0.25) is 9.36 Å². The fourth-order valence-electron chi connectivity index (χ4n) is 1.29. The quantitative estimate of drug-likeness (QED) is 0.735. The summed E-state index contributed by atoms with van der Waals surface area (Å²) in [6.45, 7) is 4.74. The molecule has 1 aromatic heterocycles. The third-order valence-electron chi connectivity index (χ3n) is 2.37. The van der Waals surface area contributed by atoms with Gasteiger partial charge in [0.2, 0.25) is 0 Å². The largest absolute Gasteiger partial charge is 0.494 e. The third kappa shape index (κ3) is 1.96. The highest BCUT2D eigenvalue weighted by molar-refractivity contribution is 5.27. The van der Waals surface area contributed by atoms with E-state index in [-0.39, 0.29) is 11.4 Å². The summed E-state index contributed by atoms with van der Waals surface area (Å²) in [7, 11) is 1.81. The zero-order valence-corrected chi connectivity index (χ0v) is 8.79. The van der Waals surface area contributed by atoms with E-state index in [1.165, 1.54) is 4.57 Å². The molecule has 0 saturated heterocycles. The highest BCUT2D eigenvalue weighted by Gasteiger charge is 2.07. The van der Waals surface area contributed by atoms with E-state index in [0.29, 0.717) is 18.7 Å². The first kappa shape index (κ1) is 10.8. The molecular weight excluding hydrogens is 180 g/mol. The predicted molar refractivity (Wildman–Crippen MR) is 55.8 cm³/mol. The molecule has 0 spiro atoms. The normalized spacial score (nSPS) is 10.5. The van der Waals surface area contributed by atoms with Crippen LogP contribution in [-0.2, 0) is 6.54 Å². The Bertz CT molecular complexity index is 382. The molecule has 1 heterocycles. The topological polar surface area (TPSA) is 54.3 Å². The van der Waals surface area contributed by atoms with E-state index in [9.17, 15) is 9.90 Å². The molecule has 0 saturated carbocycles. The zero-order chi connectivity index (χ0) is 10.7. The molecule has 0 atom stereocenters. The van der Waals surface area contributed by atoms with Gasteiger partial charge in [0.05, 0.1) is 0 Å². The van der Waals surface area contributed by atoms with Crippen LogP contribution in [0.4, 0.5) is 0 Å². The Hall–Kier alpha value is -1.29. The molecule has 0 aromatic carbocycles. The molecule has 0 aliphatic rings. The Morgan fingerprint density at radius 3 is 2.71 bits per heavy atom. The zero-order valence-electron chi connectivity index (χ0n) is 8.79. The number of nitrogens with one attached hydrogen (secondary N) is 1. The maximum Gasteiger partial charge on any atom is 0.256 e. The maximum absolute atomic E-state index is 11.7. The molecule has 4 nitrogen and oxygen atoms in total. The SMILES string of the molecule is CNCCn1c(O)cc(C)c(C)c1=O. The summed E-state index contributed by atoms with van der Waals surface area (Å²) in [6, 6.07) is 1.62. The van der Waals surface area contributed by atoms with E-state index in [4.69, 9.17) is 0 Å². The summed E-state index contributed by atoms with van der Waals surface area (Å²) in [5, 5.41) is 12.5. The molecule has 4 heteroatoms. The molecule has 1 rings (SSSR count). The summed E-state index contributed by atoms with van der Waals surface area (Å²) in [5.74, 6) is 0.0355. The van der Waals surface area contributed by atoms with Crippen molar-refractivity contribution in [2.75, 3.05) is 13.6 Å². The first-order valence-corrected chi connectivity index (χ1v) is 4.62. The van der Waals surface area contributed by atoms with Crippen molar-refractivity contribution in [2.45, 2.75) is 20.4 Å². The van der Waals surface area contributed by atoms with Gasteiger partial charge in [0.15, 0.2) is 5.88 Å². The summed E-state index contributed by atoms with van der Waals surface area (Å²) in [6.07, 6.45) is 0. The maximum atomic E-state index is 11.7. The summed E-state index contributed by atoms with van der Waals surface area (Å²) in [4.78, 5) is 11.7. The summed E-state index contributed by atoms with van der Waals surface area (Å²) in [5.41, 5.74) is 1.41. The van der Waals surface area contributed by atoms with E-state index >= 15 is 0 Å². The molecule has 14 heavy (non-hydrogen) atoms. The number of hydrogen-bond donors (Lipinski definition) is 2. The van der Waals surface area contributed by atoms with Gasteiger partial charge in [-0.15, -0.1) is 0 Å². The first-order chi connectivity index (χ1) is 6.57. The van der Waals surface area contributed by atoms with Crippen molar-refractivity contribution >= 4 is 0 Å². The van der Waals surface area contributed by atoms with Gasteiger partial charge in [0.25, 0.3) is 5.56 Å². The molecular formula is C10H16N2O2. The standard InChI is InChI=1S/C10H16N2O2/c1-7-6-9(13)12(5-4-11-3)10(14)8(7)2/h6,11,13H,4-5H2,1-3H3. The lowest BCUT2D eigenvalue weighted by Crippen LogP contribution is -2.27. The van der Waals surface area contributed by atoms with E-state index < -0.39 is 0 Å². The second-order valence-electron chi connectivity index (χ2n) is 3.37. The van der Waals surface area contributed by atoms with Crippen LogP contribution in [0.5, 0.6) is 5.88 Å². The number of rotatable bonds is 3. The molecule has 0 amide bonds. The van der Waals surface area contributed by atoms with Crippen LogP contribution in [0.1, 0.15) is 11.1 Å². The van der Waals surface area contributed by atoms with Gasteiger partial charge >= 0.3 is 0 Å². The minimum atomic E-state index is -0.113. The van der Waals surface area contributed by atoms with Crippen molar-refractivity contribution in [3.8, 4) is 5.88 Å². The smallest absolute Gasteiger partial charge is 0.256 e. The first-order valence-electron chi connectivity index (χ1n) is 4.62. The van der Waals surface area contributed by atoms with Crippen LogP contribution in [0, 0.1) is 13.8 Å². The fraction of sp³-hybridized carbons (Fsp3) is 0.500. The monoisotopic (exact) mass is 196 g/mol. The summed E-state index contributed by atoms with van der Waals surface area (Å²) >= 11 is 0. The molecule has 0 unspecified atom stereocenters. The lowest BCUT2D eigenvalue weighted by Gasteiger charge is -2.10. The molecule has 78 valence electrons. The Morgan fingerprint density at radius 1 is 1.50 bits per heavy atom. The van der Waals surface area contributed by atoms with Crippen molar-refractivity contribution in [1.29, 1.82) is 0 Å². The van der Waals surface area contributed by atoms with Crippen molar-refractivity contribution in [3.63, 3.8) is 0 Å². The minimum absolute atomic E-state index is 0.0355. The number of aromatic hydroxyl groups is 1.